The van der Waals surface area contributed by atoms with Gasteiger partial charge in [-0.05, 0) is 73.8 Å². The lowest BCUT2D eigenvalue weighted by Crippen LogP contribution is -2.34. The second kappa shape index (κ2) is 9.85. The van der Waals surface area contributed by atoms with Gasteiger partial charge in [0.2, 0.25) is 5.91 Å². The van der Waals surface area contributed by atoms with Crippen molar-refractivity contribution in [3.63, 3.8) is 0 Å². The maximum absolute atomic E-state index is 13.7. The topological polar surface area (TPSA) is 73.5 Å². The van der Waals surface area contributed by atoms with Crippen LogP contribution < -0.4 is 15.0 Å². The summed E-state index contributed by atoms with van der Waals surface area (Å²) in [6.45, 7) is 4.42. The molecule has 0 bridgehead atoms. The molecule has 1 aromatic heterocycles. The molecule has 1 fully saturated rings. The van der Waals surface area contributed by atoms with Crippen molar-refractivity contribution in [1.29, 1.82) is 0 Å². The normalized spacial score (nSPS) is 17.8. The van der Waals surface area contributed by atoms with Crippen LogP contribution in [0.3, 0.4) is 0 Å². The third-order valence-corrected chi connectivity index (χ3v) is 6.75. The minimum atomic E-state index is -0.384. The summed E-state index contributed by atoms with van der Waals surface area (Å²) in [6, 6.07) is 10.5. The fraction of sp³-hybridized carbons (Fsp3) is 0.385. The van der Waals surface area contributed by atoms with E-state index in [2.05, 4.69) is 38.4 Å². The molecule has 3 aromatic rings. The van der Waals surface area contributed by atoms with Crippen LogP contribution in [0.25, 0.3) is 11.1 Å². The molecule has 34 heavy (non-hydrogen) atoms. The highest BCUT2D eigenvalue weighted by atomic mass is 19.1. The molecule has 0 radical (unpaired) electrons. The van der Waals surface area contributed by atoms with E-state index in [1.807, 2.05) is 18.3 Å². The van der Waals surface area contributed by atoms with Gasteiger partial charge in [-0.25, -0.2) is 4.39 Å². The summed E-state index contributed by atoms with van der Waals surface area (Å²) in [6.07, 6.45) is 6.62. The third-order valence-electron chi connectivity index (χ3n) is 6.75. The monoisotopic (exact) mass is 463 g/mol. The molecule has 1 saturated heterocycles. The summed E-state index contributed by atoms with van der Waals surface area (Å²) in [5.41, 5.74) is 4.46. The highest BCUT2D eigenvalue weighted by Gasteiger charge is 2.27. The molecule has 8 heteroatoms. The van der Waals surface area contributed by atoms with Crippen LogP contribution in [0, 0.1) is 11.7 Å². The number of aromatic amines is 1. The molecule has 2 N–H and O–H groups in total. The van der Waals surface area contributed by atoms with Gasteiger partial charge in [0.25, 0.3) is 0 Å². The Morgan fingerprint density at radius 1 is 1.24 bits per heavy atom. The number of benzene rings is 2. The number of ether oxygens (including phenoxy) is 1. The second-order valence-corrected chi connectivity index (χ2v) is 9.14. The van der Waals surface area contributed by atoms with Crippen molar-refractivity contribution in [2.24, 2.45) is 5.92 Å². The number of nitrogens with zero attached hydrogens (tertiary/aromatic N) is 3. The molecule has 178 valence electrons. The number of anilines is 2. The quantitative estimate of drug-likeness (QED) is 0.555. The zero-order chi connectivity index (χ0) is 23.5. The summed E-state index contributed by atoms with van der Waals surface area (Å²) in [5, 5.41) is 10.0. The second-order valence-electron chi connectivity index (χ2n) is 9.14. The van der Waals surface area contributed by atoms with Crippen molar-refractivity contribution >= 4 is 17.3 Å². The molecule has 2 aliphatic heterocycles. The Bertz CT molecular complexity index is 1140. The number of hydrogen-bond acceptors (Lipinski definition) is 5. The first kappa shape index (κ1) is 22.4. The number of aromatic nitrogens is 2. The zero-order valence-electron chi connectivity index (χ0n) is 19.4. The first-order chi connectivity index (χ1) is 16.6. The number of likely N-dealkylation sites (tertiary alicyclic amines) is 1. The van der Waals surface area contributed by atoms with E-state index in [9.17, 15) is 9.18 Å². The minimum Gasteiger partial charge on any atom is -0.492 e. The smallest absolute Gasteiger partial charge is 0.231 e. The molecule has 7 nitrogen and oxygen atoms in total. The fourth-order valence-corrected chi connectivity index (χ4v) is 4.73. The van der Waals surface area contributed by atoms with Crippen LogP contribution in [-0.4, -0.2) is 60.8 Å². The standard InChI is InChI=1S/C26H30FN5O2/c1-31(10-11-32-8-2-3-9-32)24-14-18(21-15-28-29-16-21)4-6-23(24)30-26(33)20-12-19-13-22(27)5-7-25(19)34-17-20/h4-7,13-16,20H,2-3,8-12,17H2,1H3,(H,28,29)(H,30,33). The molecule has 1 atom stereocenters. The molecule has 2 aliphatic rings. The molecule has 0 saturated carbocycles. The summed E-state index contributed by atoms with van der Waals surface area (Å²) < 4.78 is 19.4. The highest BCUT2D eigenvalue weighted by molar-refractivity contribution is 5.97. The van der Waals surface area contributed by atoms with Crippen molar-refractivity contribution in [3.05, 3.63) is 60.2 Å². The third kappa shape index (κ3) is 4.92. The van der Waals surface area contributed by atoms with Gasteiger partial charge in [0, 0.05) is 31.9 Å². The van der Waals surface area contributed by atoms with Gasteiger partial charge >= 0.3 is 0 Å². The van der Waals surface area contributed by atoms with Crippen LogP contribution in [0.2, 0.25) is 0 Å². The SMILES string of the molecule is CN(CCN1CCCC1)c1cc(-c2cn[nH]c2)ccc1NC(=O)C1COc2ccc(F)cc2C1. The van der Waals surface area contributed by atoms with Crippen LogP contribution in [0.5, 0.6) is 5.75 Å². The average molecular weight is 464 g/mol. The zero-order valence-corrected chi connectivity index (χ0v) is 19.4. The lowest BCUT2D eigenvalue weighted by Gasteiger charge is -2.28. The molecule has 3 heterocycles. The largest absolute Gasteiger partial charge is 0.492 e. The molecular formula is C26H30FN5O2. The summed E-state index contributed by atoms with van der Waals surface area (Å²) >= 11 is 0. The predicted octanol–water partition coefficient (Wildman–Crippen LogP) is 3.94. The van der Waals surface area contributed by atoms with Gasteiger partial charge in [-0.15, -0.1) is 0 Å². The van der Waals surface area contributed by atoms with Gasteiger partial charge in [0.15, 0.2) is 0 Å². The van der Waals surface area contributed by atoms with Crippen molar-refractivity contribution in [2.75, 3.05) is 50.1 Å². The van der Waals surface area contributed by atoms with Crippen LogP contribution in [-0.2, 0) is 11.2 Å². The Morgan fingerprint density at radius 2 is 2.09 bits per heavy atom. The van der Waals surface area contributed by atoms with Crippen LogP contribution in [0.4, 0.5) is 15.8 Å². The molecule has 5 rings (SSSR count). The predicted molar refractivity (Wildman–Crippen MR) is 131 cm³/mol. The van der Waals surface area contributed by atoms with Gasteiger partial charge in [0.1, 0.15) is 18.2 Å². The number of H-pyrrole nitrogens is 1. The minimum absolute atomic E-state index is 0.125. The van der Waals surface area contributed by atoms with E-state index in [1.165, 1.54) is 25.0 Å². The molecular weight excluding hydrogens is 433 g/mol. The van der Waals surface area contributed by atoms with E-state index in [0.29, 0.717) is 12.2 Å². The Labute approximate surface area is 198 Å². The Kier molecular flexibility index (Phi) is 6.49. The van der Waals surface area contributed by atoms with E-state index in [1.54, 1.807) is 12.3 Å². The fourth-order valence-electron chi connectivity index (χ4n) is 4.73. The number of fused-ring (bicyclic) bond motifs is 1. The number of carbonyl (C=O) groups is 1. The van der Waals surface area contributed by atoms with Gasteiger partial charge in [0.05, 0.1) is 23.5 Å². The lowest BCUT2D eigenvalue weighted by atomic mass is 9.95. The van der Waals surface area contributed by atoms with Crippen molar-refractivity contribution in [3.8, 4) is 16.9 Å². The molecule has 2 aromatic carbocycles. The summed E-state index contributed by atoms with van der Waals surface area (Å²) in [5.74, 6) is -0.178. The lowest BCUT2D eigenvalue weighted by molar-refractivity contribution is -0.121. The number of halogens is 1. The van der Waals surface area contributed by atoms with E-state index < -0.39 is 0 Å². The van der Waals surface area contributed by atoms with Gasteiger partial charge in [-0.2, -0.15) is 5.10 Å². The van der Waals surface area contributed by atoms with E-state index in [4.69, 9.17) is 4.74 Å². The molecule has 1 amide bonds. The van der Waals surface area contributed by atoms with Gasteiger partial charge < -0.3 is 19.9 Å². The van der Waals surface area contributed by atoms with E-state index >= 15 is 0 Å². The Morgan fingerprint density at radius 3 is 2.88 bits per heavy atom. The van der Waals surface area contributed by atoms with E-state index in [-0.39, 0.29) is 24.2 Å². The van der Waals surface area contributed by atoms with E-state index in [0.717, 1.165) is 54.2 Å². The van der Waals surface area contributed by atoms with Crippen LogP contribution in [0.1, 0.15) is 18.4 Å². The average Bonchev–Trinajstić information content (AvgIpc) is 3.57. The van der Waals surface area contributed by atoms with Crippen molar-refractivity contribution in [1.82, 2.24) is 15.1 Å². The van der Waals surface area contributed by atoms with Crippen LogP contribution >= 0.6 is 0 Å². The Balaban J connectivity index is 1.34. The first-order valence-electron chi connectivity index (χ1n) is 11.9. The highest BCUT2D eigenvalue weighted by Crippen LogP contribution is 2.33. The number of rotatable bonds is 7. The van der Waals surface area contributed by atoms with Crippen molar-refractivity contribution in [2.45, 2.75) is 19.3 Å². The molecule has 1 unspecified atom stereocenters. The van der Waals surface area contributed by atoms with Crippen LogP contribution in [0.15, 0.2) is 48.8 Å². The molecule has 0 aliphatic carbocycles. The number of hydrogen-bond donors (Lipinski definition) is 2. The van der Waals surface area contributed by atoms with Gasteiger partial charge in [-0.1, -0.05) is 6.07 Å². The first-order valence-corrected chi connectivity index (χ1v) is 11.9. The maximum atomic E-state index is 13.7. The number of nitrogens with one attached hydrogen (secondary N) is 2. The van der Waals surface area contributed by atoms with Gasteiger partial charge in [-0.3, -0.25) is 9.89 Å². The van der Waals surface area contributed by atoms with Crippen molar-refractivity contribution < 1.29 is 13.9 Å². The Hall–Kier alpha value is -3.39. The maximum Gasteiger partial charge on any atom is 0.231 e. The number of likely N-dealkylation sites (N-methyl/N-ethyl adjacent to an activating group) is 1. The summed E-state index contributed by atoms with van der Waals surface area (Å²) in [4.78, 5) is 17.9. The number of carbonyl (C=O) groups excluding carboxylic acids is 1. The molecule has 0 spiro atoms. The summed E-state index contributed by atoms with van der Waals surface area (Å²) in [7, 11) is 2.06. The number of amides is 1.